The number of nitrogens with zero attached hydrogens (tertiary/aromatic N) is 5. The molecular weight excluding hydrogens is 671 g/mol. The van der Waals surface area contributed by atoms with E-state index in [4.69, 9.17) is 0 Å². The molecule has 0 spiro atoms. The van der Waals surface area contributed by atoms with Crippen molar-refractivity contribution in [3.8, 4) is 40.3 Å². The molecule has 0 bridgehead atoms. The molecular formula is C50H29N5. The van der Waals surface area contributed by atoms with Crippen LogP contribution in [0.3, 0.4) is 0 Å². The monoisotopic (exact) mass is 699 g/mol. The van der Waals surface area contributed by atoms with Gasteiger partial charge in [-0.3, -0.25) is 0 Å². The van der Waals surface area contributed by atoms with Gasteiger partial charge in [-0.2, -0.15) is 10.5 Å². The quantitative estimate of drug-likeness (QED) is 0.184. The van der Waals surface area contributed by atoms with Crippen molar-refractivity contribution in [2.75, 3.05) is 0 Å². The Morgan fingerprint density at radius 2 is 0.745 bits per heavy atom. The summed E-state index contributed by atoms with van der Waals surface area (Å²) in [6.45, 7) is 0. The van der Waals surface area contributed by atoms with Crippen LogP contribution in [0.1, 0.15) is 11.1 Å². The molecule has 0 N–H and O–H groups in total. The predicted octanol–water partition coefficient (Wildman–Crippen LogP) is 12.4. The van der Waals surface area contributed by atoms with Crippen LogP contribution in [0, 0.1) is 22.7 Å². The Balaban J connectivity index is 1.06. The van der Waals surface area contributed by atoms with Crippen LogP contribution in [-0.4, -0.2) is 13.7 Å². The molecule has 254 valence electrons. The fourth-order valence-electron chi connectivity index (χ4n) is 8.70. The van der Waals surface area contributed by atoms with Crippen LogP contribution >= 0.6 is 0 Å². The van der Waals surface area contributed by atoms with E-state index in [1.54, 1.807) is 0 Å². The first-order valence-electron chi connectivity index (χ1n) is 18.3. The highest BCUT2D eigenvalue weighted by molar-refractivity contribution is 6.13. The van der Waals surface area contributed by atoms with E-state index >= 15 is 0 Å². The average Bonchev–Trinajstić information content (AvgIpc) is 3.89. The van der Waals surface area contributed by atoms with Crippen LogP contribution in [-0.2, 0) is 0 Å². The number of benzene rings is 8. The molecule has 0 fully saturated rings. The number of hydrogen-bond acceptors (Lipinski definition) is 2. The summed E-state index contributed by atoms with van der Waals surface area (Å²) < 4.78 is 6.92. The van der Waals surface area contributed by atoms with Crippen molar-refractivity contribution in [1.82, 2.24) is 13.7 Å². The average molecular weight is 700 g/mol. The number of para-hydroxylation sites is 4. The van der Waals surface area contributed by atoms with Crippen LogP contribution in [0.5, 0.6) is 0 Å². The highest BCUT2D eigenvalue weighted by Gasteiger charge is 2.18. The highest BCUT2D eigenvalue weighted by atomic mass is 15.0. The molecule has 3 aromatic heterocycles. The van der Waals surface area contributed by atoms with Crippen molar-refractivity contribution in [3.05, 3.63) is 187 Å². The number of hydrogen-bond donors (Lipinski definition) is 0. The highest BCUT2D eigenvalue weighted by Crippen LogP contribution is 2.39. The van der Waals surface area contributed by atoms with Crippen LogP contribution < -0.4 is 0 Å². The second kappa shape index (κ2) is 11.8. The Labute approximate surface area is 316 Å². The summed E-state index contributed by atoms with van der Waals surface area (Å²) in [7, 11) is 0. The fraction of sp³-hybridized carbons (Fsp3) is 0. The van der Waals surface area contributed by atoms with E-state index < -0.39 is 0 Å². The Bertz CT molecular complexity index is 3400. The third kappa shape index (κ3) is 4.51. The van der Waals surface area contributed by atoms with E-state index in [9.17, 15) is 10.5 Å². The summed E-state index contributed by atoms with van der Waals surface area (Å²) in [5.41, 5.74) is 12.9. The zero-order valence-electron chi connectivity index (χ0n) is 29.5. The summed E-state index contributed by atoms with van der Waals surface area (Å²) in [4.78, 5) is 0. The fourth-order valence-corrected chi connectivity index (χ4v) is 8.70. The summed E-state index contributed by atoms with van der Waals surface area (Å²) in [5, 5.41) is 26.9. The van der Waals surface area contributed by atoms with Crippen molar-refractivity contribution in [3.63, 3.8) is 0 Å². The lowest BCUT2D eigenvalue weighted by Gasteiger charge is -2.13. The van der Waals surface area contributed by atoms with Gasteiger partial charge in [0.15, 0.2) is 0 Å². The normalized spacial score (nSPS) is 11.6. The second-order valence-electron chi connectivity index (χ2n) is 14.0. The zero-order valence-corrected chi connectivity index (χ0v) is 29.5. The maximum absolute atomic E-state index is 10.3. The van der Waals surface area contributed by atoms with Gasteiger partial charge in [-0.15, -0.1) is 0 Å². The van der Waals surface area contributed by atoms with E-state index in [2.05, 4.69) is 165 Å². The smallest absolute Gasteiger partial charge is 0.0998 e. The van der Waals surface area contributed by atoms with E-state index in [0.717, 1.165) is 61.0 Å². The number of rotatable bonds is 4. The lowest BCUT2D eigenvalue weighted by molar-refractivity contribution is 1.16. The van der Waals surface area contributed by atoms with E-state index in [-0.39, 0.29) is 0 Å². The summed E-state index contributed by atoms with van der Waals surface area (Å²) in [6.07, 6.45) is 0. The molecule has 0 aliphatic rings. The minimum absolute atomic E-state index is 0.617. The molecule has 0 unspecified atom stereocenters. The largest absolute Gasteiger partial charge is 0.309 e. The Morgan fingerprint density at radius 3 is 1.29 bits per heavy atom. The molecule has 3 heterocycles. The zero-order chi connectivity index (χ0) is 36.6. The first-order valence-corrected chi connectivity index (χ1v) is 18.3. The first kappa shape index (κ1) is 30.7. The third-order valence-electron chi connectivity index (χ3n) is 11.1. The summed E-state index contributed by atoms with van der Waals surface area (Å²) >= 11 is 0. The molecule has 0 saturated carbocycles. The van der Waals surface area contributed by atoms with Gasteiger partial charge in [0.25, 0.3) is 0 Å². The molecule has 11 aromatic rings. The molecule has 0 atom stereocenters. The molecule has 5 nitrogen and oxygen atoms in total. The third-order valence-corrected chi connectivity index (χ3v) is 11.1. The molecule has 0 radical (unpaired) electrons. The van der Waals surface area contributed by atoms with Gasteiger partial charge in [0.1, 0.15) is 0 Å². The molecule has 11 rings (SSSR count). The van der Waals surface area contributed by atoms with Gasteiger partial charge >= 0.3 is 0 Å². The van der Waals surface area contributed by atoms with Crippen LogP contribution in [0.4, 0.5) is 0 Å². The standard InChI is InChI=1S/C50H29N5/c51-30-32-17-25-49-43(27-32)40-11-3-7-15-47(40)53(49)35-21-18-33(19-22-35)42-28-36(23-20-34(42)31-52)55-48-16-8-4-12-41(48)44-29-37(24-26-50(44)55)54-45-13-5-1-9-38(45)39-10-2-6-14-46(39)54/h1-29H. The minimum Gasteiger partial charge on any atom is -0.309 e. The maximum Gasteiger partial charge on any atom is 0.0998 e. The molecule has 5 heteroatoms. The second-order valence-corrected chi connectivity index (χ2v) is 14.0. The van der Waals surface area contributed by atoms with Crippen molar-refractivity contribution >= 4 is 65.4 Å². The summed E-state index contributed by atoms with van der Waals surface area (Å²) in [5.74, 6) is 0. The van der Waals surface area contributed by atoms with Crippen LogP contribution in [0.15, 0.2) is 176 Å². The number of nitriles is 2. The molecule has 0 amide bonds. The van der Waals surface area contributed by atoms with E-state index in [1.807, 2.05) is 36.4 Å². The van der Waals surface area contributed by atoms with Gasteiger partial charge in [-0.05, 0) is 96.6 Å². The van der Waals surface area contributed by atoms with Crippen LogP contribution in [0.25, 0.3) is 93.6 Å². The Hall–Kier alpha value is -7.86. The Kier molecular flexibility index (Phi) is 6.61. The SMILES string of the molecule is N#Cc1ccc2c(c1)c1ccccc1n2-c1ccc(-c2cc(-n3c4ccccc4c4cc(-n5c6ccccc6c6ccccc65)ccc43)ccc2C#N)cc1. The Morgan fingerprint density at radius 1 is 0.327 bits per heavy atom. The van der Waals surface area contributed by atoms with Gasteiger partial charge in [0.05, 0.1) is 56.4 Å². The number of fused-ring (bicyclic) bond motifs is 9. The molecule has 0 aliphatic carbocycles. The van der Waals surface area contributed by atoms with Crippen molar-refractivity contribution < 1.29 is 0 Å². The molecule has 0 saturated heterocycles. The van der Waals surface area contributed by atoms with Crippen molar-refractivity contribution in [1.29, 1.82) is 10.5 Å². The van der Waals surface area contributed by atoms with Gasteiger partial charge in [-0.1, -0.05) is 84.9 Å². The lowest BCUT2D eigenvalue weighted by Crippen LogP contribution is -1.97. The van der Waals surface area contributed by atoms with E-state index in [1.165, 1.54) is 32.6 Å². The van der Waals surface area contributed by atoms with E-state index in [0.29, 0.717) is 11.1 Å². The summed E-state index contributed by atoms with van der Waals surface area (Å²) in [6, 6.07) is 66.0. The number of aromatic nitrogens is 3. The maximum atomic E-state index is 10.3. The van der Waals surface area contributed by atoms with Gasteiger partial charge in [-0.25, -0.2) is 0 Å². The molecule has 8 aromatic carbocycles. The minimum atomic E-state index is 0.617. The van der Waals surface area contributed by atoms with Crippen molar-refractivity contribution in [2.45, 2.75) is 0 Å². The topological polar surface area (TPSA) is 62.4 Å². The van der Waals surface area contributed by atoms with Gasteiger partial charge in [0.2, 0.25) is 0 Å². The van der Waals surface area contributed by atoms with Gasteiger partial charge in [0, 0.05) is 54.9 Å². The predicted molar refractivity (Wildman–Crippen MR) is 224 cm³/mol. The lowest BCUT2D eigenvalue weighted by atomic mass is 9.99. The molecule has 55 heavy (non-hydrogen) atoms. The van der Waals surface area contributed by atoms with Crippen LogP contribution in [0.2, 0.25) is 0 Å². The van der Waals surface area contributed by atoms with Crippen molar-refractivity contribution in [2.24, 2.45) is 0 Å². The van der Waals surface area contributed by atoms with Gasteiger partial charge < -0.3 is 13.7 Å². The first-order chi connectivity index (χ1) is 27.2. The molecule has 0 aliphatic heterocycles.